The Kier molecular flexibility index (Phi) is 3.82. The number of nitrogens with one attached hydrogen (secondary N) is 1. The maximum absolute atomic E-state index is 12.7. The molecule has 8 heteroatoms. The van der Waals surface area contributed by atoms with Crippen LogP contribution in [0.1, 0.15) is 21.1 Å². The molecule has 0 aliphatic heterocycles. The van der Waals surface area contributed by atoms with Crippen molar-refractivity contribution in [1.29, 1.82) is 0 Å². The number of rotatable bonds is 3. The molecule has 0 unspecified atom stereocenters. The first-order valence-corrected chi connectivity index (χ1v) is 8.11. The third-order valence-corrected chi connectivity index (χ3v) is 5.04. The summed E-state index contributed by atoms with van der Waals surface area (Å²) in [6, 6.07) is 3.62. The van der Waals surface area contributed by atoms with E-state index >= 15 is 0 Å². The first-order valence-electron chi connectivity index (χ1n) is 6.47. The molecule has 2 heterocycles. The number of alkyl halides is 3. The maximum atomic E-state index is 12.7. The molecule has 3 nitrogen and oxygen atoms in total. The molecule has 3 rings (SSSR count). The SMILES string of the molecule is Cc1nc(CNc2nc3cc(C(F)(F)F)ccc3s2)c(C)s1. The fourth-order valence-corrected chi connectivity index (χ4v) is 3.75. The first kappa shape index (κ1) is 15.2. The number of thiazole rings is 2. The largest absolute Gasteiger partial charge is 0.416 e. The van der Waals surface area contributed by atoms with E-state index in [0.717, 1.165) is 32.4 Å². The summed E-state index contributed by atoms with van der Waals surface area (Å²) in [5, 5.41) is 4.72. The van der Waals surface area contributed by atoms with Crippen molar-refractivity contribution in [2.75, 3.05) is 5.32 Å². The van der Waals surface area contributed by atoms with Crippen LogP contribution in [0, 0.1) is 13.8 Å². The first-order chi connectivity index (χ1) is 10.3. The highest BCUT2D eigenvalue weighted by atomic mass is 32.1. The van der Waals surface area contributed by atoms with Gasteiger partial charge in [-0.3, -0.25) is 0 Å². The molecule has 116 valence electrons. The molecule has 0 aliphatic carbocycles. The standard InChI is InChI=1S/C14H12F3N3S2/c1-7-11(19-8(2)21-7)6-18-13-20-10-5-9(14(15,16)17)3-4-12(10)22-13/h3-5H,6H2,1-2H3,(H,18,20). The molecule has 0 radical (unpaired) electrons. The van der Waals surface area contributed by atoms with E-state index in [2.05, 4.69) is 15.3 Å². The van der Waals surface area contributed by atoms with Crippen molar-refractivity contribution in [1.82, 2.24) is 9.97 Å². The Morgan fingerprint density at radius 1 is 1.14 bits per heavy atom. The molecule has 0 amide bonds. The molecule has 0 atom stereocenters. The van der Waals surface area contributed by atoms with Crippen molar-refractivity contribution < 1.29 is 13.2 Å². The van der Waals surface area contributed by atoms with Gasteiger partial charge in [-0.2, -0.15) is 13.2 Å². The summed E-state index contributed by atoms with van der Waals surface area (Å²) in [6.07, 6.45) is -4.35. The van der Waals surface area contributed by atoms with E-state index in [9.17, 15) is 13.2 Å². The Bertz CT molecular complexity index is 820. The number of hydrogen-bond donors (Lipinski definition) is 1. The third-order valence-electron chi connectivity index (χ3n) is 3.12. The molecular weight excluding hydrogens is 331 g/mol. The minimum atomic E-state index is -4.35. The van der Waals surface area contributed by atoms with E-state index in [0.29, 0.717) is 17.2 Å². The van der Waals surface area contributed by atoms with Gasteiger partial charge in [0, 0.05) is 4.88 Å². The summed E-state index contributed by atoms with van der Waals surface area (Å²) in [4.78, 5) is 9.76. The van der Waals surface area contributed by atoms with E-state index < -0.39 is 11.7 Å². The van der Waals surface area contributed by atoms with Crippen molar-refractivity contribution in [3.8, 4) is 0 Å². The summed E-state index contributed by atoms with van der Waals surface area (Å²) >= 11 is 2.96. The molecule has 0 spiro atoms. The molecule has 3 aromatic rings. The molecule has 2 aromatic heterocycles. The number of halogens is 3. The molecule has 1 N–H and O–H groups in total. The molecule has 0 saturated heterocycles. The van der Waals surface area contributed by atoms with Gasteiger partial charge in [-0.25, -0.2) is 9.97 Å². The zero-order chi connectivity index (χ0) is 15.9. The highest BCUT2D eigenvalue weighted by Gasteiger charge is 2.30. The lowest BCUT2D eigenvalue weighted by Gasteiger charge is -2.04. The van der Waals surface area contributed by atoms with Crippen LogP contribution in [-0.4, -0.2) is 9.97 Å². The summed E-state index contributed by atoms with van der Waals surface area (Å²) < 4.78 is 38.8. The number of hydrogen-bond acceptors (Lipinski definition) is 5. The zero-order valence-corrected chi connectivity index (χ0v) is 13.4. The van der Waals surface area contributed by atoms with Crippen LogP contribution in [0.3, 0.4) is 0 Å². The van der Waals surface area contributed by atoms with E-state index in [1.807, 2.05) is 13.8 Å². The van der Waals surface area contributed by atoms with Gasteiger partial charge in [-0.15, -0.1) is 11.3 Å². The predicted molar refractivity (Wildman–Crippen MR) is 83.5 cm³/mol. The van der Waals surface area contributed by atoms with E-state index in [-0.39, 0.29) is 0 Å². The number of benzene rings is 1. The van der Waals surface area contributed by atoms with Crippen LogP contribution >= 0.6 is 22.7 Å². The number of fused-ring (bicyclic) bond motifs is 1. The van der Waals surface area contributed by atoms with E-state index in [1.165, 1.54) is 17.4 Å². The van der Waals surface area contributed by atoms with Crippen molar-refractivity contribution in [2.45, 2.75) is 26.6 Å². The molecule has 0 bridgehead atoms. The summed E-state index contributed by atoms with van der Waals surface area (Å²) in [5.41, 5.74) is 0.620. The average molecular weight is 343 g/mol. The normalized spacial score (nSPS) is 12.0. The van der Waals surface area contributed by atoms with Gasteiger partial charge in [0.15, 0.2) is 5.13 Å². The molecule has 0 fully saturated rings. The lowest BCUT2D eigenvalue weighted by Crippen LogP contribution is -2.04. The Balaban J connectivity index is 1.81. The second-order valence-electron chi connectivity index (χ2n) is 4.79. The molecule has 0 saturated carbocycles. The topological polar surface area (TPSA) is 37.8 Å². The van der Waals surface area contributed by atoms with Gasteiger partial charge >= 0.3 is 6.18 Å². The van der Waals surface area contributed by atoms with E-state index in [4.69, 9.17) is 0 Å². The number of nitrogens with zero attached hydrogens (tertiary/aromatic N) is 2. The van der Waals surface area contributed by atoms with Crippen LogP contribution in [-0.2, 0) is 12.7 Å². The van der Waals surface area contributed by atoms with Gasteiger partial charge in [-0.05, 0) is 32.0 Å². The minimum Gasteiger partial charge on any atom is -0.356 e. The van der Waals surface area contributed by atoms with Crippen LogP contribution in [0.5, 0.6) is 0 Å². The van der Waals surface area contributed by atoms with Gasteiger partial charge in [0.1, 0.15) is 0 Å². The third kappa shape index (κ3) is 3.07. The monoisotopic (exact) mass is 343 g/mol. The van der Waals surface area contributed by atoms with Crippen LogP contribution < -0.4 is 5.32 Å². The van der Waals surface area contributed by atoms with Crippen molar-refractivity contribution in [3.05, 3.63) is 39.3 Å². The second-order valence-corrected chi connectivity index (χ2v) is 7.23. The van der Waals surface area contributed by atoms with Gasteiger partial charge in [0.25, 0.3) is 0 Å². The van der Waals surface area contributed by atoms with Gasteiger partial charge < -0.3 is 5.32 Å². The van der Waals surface area contributed by atoms with Gasteiger partial charge in [0.05, 0.1) is 33.0 Å². The number of anilines is 1. The molecule has 0 aliphatic rings. The van der Waals surface area contributed by atoms with Crippen molar-refractivity contribution >= 4 is 38.0 Å². The molecule has 22 heavy (non-hydrogen) atoms. The van der Waals surface area contributed by atoms with Gasteiger partial charge in [0.2, 0.25) is 0 Å². The van der Waals surface area contributed by atoms with Crippen molar-refractivity contribution in [2.24, 2.45) is 0 Å². The van der Waals surface area contributed by atoms with Crippen LogP contribution in [0.2, 0.25) is 0 Å². The average Bonchev–Trinajstić information content (AvgIpc) is 2.97. The Morgan fingerprint density at radius 2 is 1.91 bits per heavy atom. The Labute approximate surface area is 132 Å². The molecular formula is C14H12F3N3S2. The highest BCUT2D eigenvalue weighted by molar-refractivity contribution is 7.22. The van der Waals surface area contributed by atoms with Crippen molar-refractivity contribution in [3.63, 3.8) is 0 Å². The second kappa shape index (κ2) is 5.51. The maximum Gasteiger partial charge on any atom is 0.416 e. The Hall–Kier alpha value is -1.67. The fourth-order valence-electron chi connectivity index (χ4n) is 2.07. The lowest BCUT2D eigenvalue weighted by atomic mass is 10.2. The number of aromatic nitrogens is 2. The van der Waals surface area contributed by atoms with Gasteiger partial charge in [-0.1, -0.05) is 11.3 Å². The quantitative estimate of drug-likeness (QED) is 0.727. The minimum absolute atomic E-state index is 0.355. The van der Waals surface area contributed by atoms with Crippen LogP contribution in [0.25, 0.3) is 10.2 Å². The smallest absolute Gasteiger partial charge is 0.356 e. The summed E-state index contributed by atoms with van der Waals surface area (Å²) in [6.45, 7) is 4.45. The summed E-state index contributed by atoms with van der Waals surface area (Å²) in [5.74, 6) is 0. The Morgan fingerprint density at radius 3 is 2.55 bits per heavy atom. The highest BCUT2D eigenvalue weighted by Crippen LogP contribution is 2.34. The summed E-state index contributed by atoms with van der Waals surface area (Å²) in [7, 11) is 0. The zero-order valence-electron chi connectivity index (χ0n) is 11.8. The predicted octanol–water partition coefficient (Wildman–Crippen LogP) is 5.00. The fraction of sp³-hybridized carbons (Fsp3) is 0.286. The number of aryl methyl sites for hydroxylation is 2. The molecule has 1 aromatic carbocycles. The van der Waals surface area contributed by atoms with Crippen LogP contribution in [0.15, 0.2) is 18.2 Å². The van der Waals surface area contributed by atoms with Crippen LogP contribution in [0.4, 0.5) is 18.3 Å². The van der Waals surface area contributed by atoms with E-state index in [1.54, 1.807) is 11.3 Å². The lowest BCUT2D eigenvalue weighted by molar-refractivity contribution is -0.137.